The summed E-state index contributed by atoms with van der Waals surface area (Å²) in [6.07, 6.45) is 3.25. The molecule has 3 aromatic rings. The van der Waals surface area contributed by atoms with Crippen molar-refractivity contribution in [2.24, 2.45) is 0 Å². The SMILES string of the molecule is COC(=O)c1cc(OCCOc2cccnc2)ccc1NC(=O)c1ccc(Cl)cc1Cl. The van der Waals surface area contributed by atoms with Crippen LogP contribution in [0.2, 0.25) is 10.0 Å². The number of carbonyl (C=O) groups is 2. The lowest BCUT2D eigenvalue weighted by molar-refractivity contribution is 0.0601. The average molecular weight is 461 g/mol. The van der Waals surface area contributed by atoms with E-state index >= 15 is 0 Å². The van der Waals surface area contributed by atoms with Gasteiger partial charge in [-0.15, -0.1) is 0 Å². The molecular weight excluding hydrogens is 443 g/mol. The Hall–Kier alpha value is -3.29. The van der Waals surface area contributed by atoms with E-state index in [1.165, 1.54) is 25.3 Å². The maximum atomic E-state index is 12.6. The molecule has 1 N–H and O–H groups in total. The third kappa shape index (κ3) is 6.10. The number of aromatic nitrogens is 1. The van der Waals surface area contributed by atoms with Gasteiger partial charge in [0, 0.05) is 11.2 Å². The van der Waals surface area contributed by atoms with Gasteiger partial charge >= 0.3 is 5.97 Å². The summed E-state index contributed by atoms with van der Waals surface area (Å²) in [7, 11) is 1.25. The van der Waals surface area contributed by atoms with Crippen molar-refractivity contribution in [3.05, 3.63) is 82.1 Å². The summed E-state index contributed by atoms with van der Waals surface area (Å²) in [5.74, 6) is -0.0853. The molecule has 1 amide bonds. The van der Waals surface area contributed by atoms with E-state index < -0.39 is 11.9 Å². The molecule has 0 atom stereocenters. The topological polar surface area (TPSA) is 86.8 Å². The highest BCUT2D eigenvalue weighted by Gasteiger charge is 2.18. The standard InChI is InChI=1S/C22H18Cl2N2O5/c1-29-22(28)18-12-15(30-9-10-31-16-3-2-8-25-13-16)5-7-20(18)26-21(27)17-6-4-14(23)11-19(17)24/h2-8,11-13H,9-10H2,1H3,(H,26,27). The van der Waals surface area contributed by atoms with Crippen molar-refractivity contribution in [3.63, 3.8) is 0 Å². The molecule has 9 heteroatoms. The van der Waals surface area contributed by atoms with Crippen LogP contribution in [0.5, 0.6) is 11.5 Å². The number of rotatable bonds is 8. The van der Waals surface area contributed by atoms with Gasteiger partial charge in [0.05, 0.1) is 35.1 Å². The van der Waals surface area contributed by atoms with Crippen molar-refractivity contribution >= 4 is 40.8 Å². The molecule has 0 spiro atoms. The summed E-state index contributed by atoms with van der Waals surface area (Å²) >= 11 is 12.0. The predicted octanol–water partition coefficient (Wildman–Crippen LogP) is 4.89. The molecule has 1 heterocycles. The van der Waals surface area contributed by atoms with Crippen molar-refractivity contribution in [3.8, 4) is 11.5 Å². The molecule has 3 rings (SSSR count). The Morgan fingerprint density at radius 1 is 0.968 bits per heavy atom. The first-order valence-corrected chi connectivity index (χ1v) is 9.88. The molecule has 7 nitrogen and oxygen atoms in total. The number of esters is 1. The van der Waals surface area contributed by atoms with Crippen molar-refractivity contribution in [2.45, 2.75) is 0 Å². The van der Waals surface area contributed by atoms with Gasteiger partial charge in [-0.2, -0.15) is 0 Å². The van der Waals surface area contributed by atoms with Crippen molar-refractivity contribution in [2.75, 3.05) is 25.6 Å². The van der Waals surface area contributed by atoms with Crippen molar-refractivity contribution in [1.82, 2.24) is 4.98 Å². The molecular formula is C22H18Cl2N2O5. The lowest BCUT2D eigenvalue weighted by Crippen LogP contribution is -2.16. The molecule has 0 radical (unpaired) electrons. The number of anilines is 1. The number of hydrogen-bond donors (Lipinski definition) is 1. The van der Waals surface area contributed by atoms with E-state index in [-0.39, 0.29) is 35.1 Å². The number of carbonyl (C=O) groups excluding carboxylic acids is 2. The monoisotopic (exact) mass is 460 g/mol. The minimum Gasteiger partial charge on any atom is -0.490 e. The van der Waals surface area contributed by atoms with Crippen LogP contribution in [0.1, 0.15) is 20.7 Å². The first kappa shape index (κ1) is 22.4. The Balaban J connectivity index is 1.69. The fourth-order valence-electron chi connectivity index (χ4n) is 2.62. The van der Waals surface area contributed by atoms with Crippen LogP contribution in [-0.2, 0) is 4.74 Å². The highest BCUT2D eigenvalue weighted by atomic mass is 35.5. The van der Waals surface area contributed by atoms with Crippen LogP contribution in [0, 0.1) is 0 Å². The Kier molecular flexibility index (Phi) is 7.70. The minimum absolute atomic E-state index is 0.131. The largest absolute Gasteiger partial charge is 0.490 e. The molecule has 0 bridgehead atoms. The Morgan fingerprint density at radius 2 is 1.74 bits per heavy atom. The van der Waals surface area contributed by atoms with E-state index in [2.05, 4.69) is 10.3 Å². The quantitative estimate of drug-likeness (QED) is 0.380. The lowest BCUT2D eigenvalue weighted by Gasteiger charge is -2.13. The summed E-state index contributed by atoms with van der Waals surface area (Å²) in [6.45, 7) is 0.522. The summed E-state index contributed by atoms with van der Waals surface area (Å²) in [4.78, 5) is 28.8. The first-order chi connectivity index (χ1) is 15.0. The van der Waals surface area contributed by atoms with E-state index in [9.17, 15) is 9.59 Å². The molecule has 0 saturated carbocycles. The number of amides is 1. The number of hydrogen-bond acceptors (Lipinski definition) is 6. The first-order valence-electron chi connectivity index (χ1n) is 9.12. The van der Waals surface area contributed by atoms with Gasteiger partial charge in [0.1, 0.15) is 24.7 Å². The maximum absolute atomic E-state index is 12.6. The number of pyridine rings is 1. The zero-order valence-electron chi connectivity index (χ0n) is 16.4. The number of ether oxygens (including phenoxy) is 3. The van der Waals surface area contributed by atoms with Gasteiger partial charge in [-0.25, -0.2) is 4.79 Å². The van der Waals surface area contributed by atoms with Crippen LogP contribution >= 0.6 is 23.2 Å². The third-order valence-corrected chi connectivity index (χ3v) is 4.62. The Bertz CT molecular complexity index is 1080. The highest BCUT2D eigenvalue weighted by Crippen LogP contribution is 2.26. The molecule has 2 aromatic carbocycles. The number of nitrogens with zero attached hydrogens (tertiary/aromatic N) is 1. The maximum Gasteiger partial charge on any atom is 0.340 e. The normalized spacial score (nSPS) is 10.3. The fourth-order valence-corrected chi connectivity index (χ4v) is 3.11. The minimum atomic E-state index is -0.630. The average Bonchev–Trinajstić information content (AvgIpc) is 2.77. The van der Waals surface area contributed by atoms with E-state index in [0.717, 1.165) is 0 Å². The van der Waals surface area contributed by atoms with Crippen LogP contribution in [0.25, 0.3) is 0 Å². The van der Waals surface area contributed by atoms with Crippen LogP contribution < -0.4 is 14.8 Å². The molecule has 0 aliphatic rings. The van der Waals surface area contributed by atoms with E-state index in [0.29, 0.717) is 16.5 Å². The van der Waals surface area contributed by atoms with Gasteiger partial charge in [-0.3, -0.25) is 9.78 Å². The Morgan fingerprint density at radius 3 is 2.42 bits per heavy atom. The lowest BCUT2D eigenvalue weighted by atomic mass is 10.1. The summed E-state index contributed by atoms with van der Waals surface area (Å²) < 4.78 is 16.0. The van der Waals surface area contributed by atoms with Gasteiger partial charge in [0.15, 0.2) is 0 Å². The molecule has 31 heavy (non-hydrogen) atoms. The van der Waals surface area contributed by atoms with Crippen LogP contribution in [0.4, 0.5) is 5.69 Å². The van der Waals surface area contributed by atoms with Crippen molar-refractivity contribution in [1.29, 1.82) is 0 Å². The number of nitrogens with one attached hydrogen (secondary N) is 1. The number of halogens is 2. The third-order valence-electron chi connectivity index (χ3n) is 4.08. The van der Waals surface area contributed by atoms with E-state index in [4.69, 9.17) is 37.4 Å². The van der Waals surface area contributed by atoms with Crippen LogP contribution in [0.3, 0.4) is 0 Å². The summed E-state index contributed by atoms with van der Waals surface area (Å²) in [5.41, 5.74) is 0.600. The molecule has 0 unspecified atom stereocenters. The second-order valence-corrected chi connectivity index (χ2v) is 7.01. The molecule has 0 fully saturated rings. The van der Waals surface area contributed by atoms with Crippen molar-refractivity contribution < 1.29 is 23.8 Å². The van der Waals surface area contributed by atoms with Gasteiger partial charge in [0.2, 0.25) is 0 Å². The zero-order chi connectivity index (χ0) is 22.2. The highest BCUT2D eigenvalue weighted by molar-refractivity contribution is 6.37. The van der Waals surface area contributed by atoms with Gasteiger partial charge < -0.3 is 19.5 Å². The predicted molar refractivity (Wildman–Crippen MR) is 117 cm³/mol. The number of benzene rings is 2. The number of methoxy groups -OCH3 is 1. The second-order valence-electron chi connectivity index (χ2n) is 6.16. The summed E-state index contributed by atoms with van der Waals surface area (Å²) in [6, 6.07) is 12.7. The van der Waals surface area contributed by atoms with Gasteiger partial charge in [-0.1, -0.05) is 23.2 Å². The van der Waals surface area contributed by atoms with Gasteiger partial charge in [0.25, 0.3) is 5.91 Å². The summed E-state index contributed by atoms with van der Waals surface area (Å²) in [5, 5.41) is 3.26. The van der Waals surface area contributed by atoms with Crippen LogP contribution in [0.15, 0.2) is 60.9 Å². The molecule has 1 aromatic heterocycles. The fraction of sp³-hybridized carbons (Fsp3) is 0.136. The molecule has 0 aliphatic heterocycles. The molecule has 0 aliphatic carbocycles. The Labute approximate surface area is 188 Å². The van der Waals surface area contributed by atoms with Gasteiger partial charge in [-0.05, 0) is 48.5 Å². The van der Waals surface area contributed by atoms with E-state index in [1.807, 2.05) is 0 Å². The van der Waals surface area contributed by atoms with E-state index in [1.54, 1.807) is 42.7 Å². The molecule has 160 valence electrons. The second kappa shape index (κ2) is 10.7. The van der Waals surface area contributed by atoms with Crippen LogP contribution in [-0.4, -0.2) is 37.2 Å². The smallest absolute Gasteiger partial charge is 0.340 e. The zero-order valence-corrected chi connectivity index (χ0v) is 17.9. The molecule has 0 saturated heterocycles.